The first-order valence-corrected chi connectivity index (χ1v) is 8.97. The lowest BCUT2D eigenvalue weighted by molar-refractivity contribution is -0.123. The molecular weight excluding hydrogens is 366 g/mol. The first-order valence-electron chi connectivity index (χ1n) is 8.16. The van der Waals surface area contributed by atoms with Crippen LogP contribution < -0.4 is 14.2 Å². The van der Waals surface area contributed by atoms with Gasteiger partial charge in [-0.3, -0.25) is 14.5 Å². The fourth-order valence-electron chi connectivity index (χ4n) is 2.63. The van der Waals surface area contributed by atoms with E-state index < -0.39 is 0 Å². The highest BCUT2D eigenvalue weighted by Gasteiger charge is 2.35. The van der Waals surface area contributed by atoms with Crippen LogP contribution in [0.5, 0.6) is 17.2 Å². The molecule has 3 rings (SSSR count). The van der Waals surface area contributed by atoms with Crippen molar-refractivity contribution < 1.29 is 23.8 Å². The third kappa shape index (κ3) is 4.09. The maximum atomic E-state index is 12.7. The van der Waals surface area contributed by atoms with Gasteiger partial charge in [-0.25, -0.2) is 0 Å². The van der Waals surface area contributed by atoms with Gasteiger partial charge in [0.2, 0.25) is 0 Å². The minimum absolute atomic E-state index is 0.214. The molecule has 0 aromatic heterocycles. The van der Waals surface area contributed by atoms with Crippen LogP contribution in [0.2, 0.25) is 0 Å². The van der Waals surface area contributed by atoms with Crippen LogP contribution >= 0.6 is 11.8 Å². The van der Waals surface area contributed by atoms with Crippen LogP contribution in [0.1, 0.15) is 11.1 Å². The highest BCUT2D eigenvalue weighted by atomic mass is 32.2. The number of carbonyl (C=O) groups excluding carboxylic acids is 2. The highest BCUT2D eigenvalue weighted by Crippen LogP contribution is 2.35. The average Bonchev–Trinajstić information content (AvgIpc) is 2.96. The number of carbonyl (C=O) groups is 2. The second-order valence-electron chi connectivity index (χ2n) is 5.72. The summed E-state index contributed by atoms with van der Waals surface area (Å²) in [4.78, 5) is 26.6. The van der Waals surface area contributed by atoms with Crippen molar-refractivity contribution in [1.82, 2.24) is 4.90 Å². The SMILES string of the molecule is COc1ccc(CN2C(=O)S/C(=C/c3ccc(OC)cc3OC)C2=O)cc1. The molecular formula is C20H19NO5S. The van der Waals surface area contributed by atoms with E-state index >= 15 is 0 Å². The van der Waals surface area contributed by atoms with Gasteiger partial charge in [-0.15, -0.1) is 0 Å². The van der Waals surface area contributed by atoms with Crippen molar-refractivity contribution in [3.05, 3.63) is 58.5 Å². The number of methoxy groups -OCH3 is 3. The number of rotatable bonds is 6. The van der Waals surface area contributed by atoms with Gasteiger partial charge in [0.15, 0.2) is 0 Å². The van der Waals surface area contributed by atoms with Crippen LogP contribution in [0.25, 0.3) is 6.08 Å². The molecule has 0 aliphatic carbocycles. The second kappa shape index (κ2) is 8.18. The molecule has 1 aliphatic heterocycles. The number of amides is 2. The van der Waals surface area contributed by atoms with Gasteiger partial charge in [-0.05, 0) is 47.7 Å². The molecule has 0 bridgehead atoms. The van der Waals surface area contributed by atoms with Gasteiger partial charge in [-0.1, -0.05) is 12.1 Å². The number of ether oxygens (including phenoxy) is 3. The Bertz CT molecular complexity index is 892. The Balaban J connectivity index is 1.82. The van der Waals surface area contributed by atoms with E-state index in [1.165, 1.54) is 4.90 Å². The zero-order chi connectivity index (χ0) is 19.4. The number of benzene rings is 2. The van der Waals surface area contributed by atoms with E-state index in [-0.39, 0.29) is 17.7 Å². The highest BCUT2D eigenvalue weighted by molar-refractivity contribution is 8.18. The third-order valence-corrected chi connectivity index (χ3v) is 5.01. The van der Waals surface area contributed by atoms with E-state index in [1.807, 2.05) is 12.1 Å². The Labute approximate surface area is 161 Å². The molecule has 0 unspecified atom stereocenters. The number of thioether (sulfide) groups is 1. The molecule has 27 heavy (non-hydrogen) atoms. The van der Waals surface area contributed by atoms with E-state index in [2.05, 4.69) is 0 Å². The minimum atomic E-state index is -0.321. The molecule has 1 saturated heterocycles. The van der Waals surface area contributed by atoms with Crippen LogP contribution in [0, 0.1) is 0 Å². The monoisotopic (exact) mass is 385 g/mol. The average molecular weight is 385 g/mol. The number of imide groups is 1. The van der Waals surface area contributed by atoms with Gasteiger partial charge in [0.05, 0.1) is 32.8 Å². The molecule has 1 fully saturated rings. The van der Waals surface area contributed by atoms with Crippen LogP contribution in [0.3, 0.4) is 0 Å². The normalized spacial score (nSPS) is 15.4. The van der Waals surface area contributed by atoms with Crippen molar-refractivity contribution in [2.24, 2.45) is 0 Å². The summed E-state index contributed by atoms with van der Waals surface area (Å²) < 4.78 is 15.6. The fourth-order valence-corrected chi connectivity index (χ4v) is 3.46. The van der Waals surface area contributed by atoms with E-state index in [4.69, 9.17) is 14.2 Å². The Hall–Kier alpha value is -2.93. The van der Waals surface area contributed by atoms with Crippen LogP contribution in [0.15, 0.2) is 47.4 Å². The quantitative estimate of drug-likeness (QED) is 0.702. The molecule has 0 atom stereocenters. The third-order valence-electron chi connectivity index (χ3n) is 4.10. The molecule has 2 aromatic rings. The summed E-state index contributed by atoms with van der Waals surface area (Å²) in [5.74, 6) is 1.62. The summed E-state index contributed by atoms with van der Waals surface area (Å²) in [6, 6.07) is 12.5. The van der Waals surface area contributed by atoms with Crippen molar-refractivity contribution in [2.45, 2.75) is 6.54 Å². The Kier molecular flexibility index (Phi) is 5.71. The second-order valence-corrected chi connectivity index (χ2v) is 6.72. The first-order chi connectivity index (χ1) is 13.0. The van der Waals surface area contributed by atoms with Crippen molar-refractivity contribution >= 4 is 29.0 Å². The van der Waals surface area contributed by atoms with Crippen molar-refractivity contribution in [3.63, 3.8) is 0 Å². The van der Waals surface area contributed by atoms with Crippen LogP contribution in [-0.2, 0) is 11.3 Å². The van der Waals surface area contributed by atoms with Crippen molar-refractivity contribution in [3.8, 4) is 17.2 Å². The summed E-state index contributed by atoms with van der Waals surface area (Å²) in [5, 5.41) is -0.297. The molecule has 1 heterocycles. The van der Waals surface area contributed by atoms with E-state index in [0.29, 0.717) is 22.0 Å². The van der Waals surface area contributed by atoms with Gasteiger partial charge in [0.25, 0.3) is 11.1 Å². The summed E-state index contributed by atoms with van der Waals surface area (Å²) in [5.41, 5.74) is 1.55. The van der Waals surface area contributed by atoms with Gasteiger partial charge in [-0.2, -0.15) is 0 Å². The molecule has 0 saturated carbocycles. The summed E-state index contributed by atoms with van der Waals surface area (Å²) in [6.07, 6.45) is 1.66. The molecule has 1 aliphatic rings. The van der Waals surface area contributed by atoms with E-state index in [9.17, 15) is 9.59 Å². The van der Waals surface area contributed by atoms with E-state index in [0.717, 1.165) is 23.1 Å². The smallest absolute Gasteiger partial charge is 0.293 e. The molecule has 0 spiro atoms. The predicted octanol–water partition coefficient (Wildman–Crippen LogP) is 3.95. The lowest BCUT2D eigenvalue weighted by Crippen LogP contribution is -2.27. The predicted molar refractivity (Wildman–Crippen MR) is 104 cm³/mol. The molecule has 140 valence electrons. The van der Waals surface area contributed by atoms with Gasteiger partial charge < -0.3 is 14.2 Å². The fraction of sp³-hybridized carbons (Fsp3) is 0.200. The van der Waals surface area contributed by atoms with Crippen molar-refractivity contribution in [1.29, 1.82) is 0 Å². The lowest BCUT2D eigenvalue weighted by Gasteiger charge is -2.12. The number of hydrogen-bond acceptors (Lipinski definition) is 6. The first kappa shape index (κ1) is 18.8. The molecule has 6 nitrogen and oxygen atoms in total. The maximum absolute atomic E-state index is 12.7. The molecule has 2 aromatic carbocycles. The van der Waals surface area contributed by atoms with Gasteiger partial charge in [0, 0.05) is 11.6 Å². The minimum Gasteiger partial charge on any atom is -0.497 e. The van der Waals surface area contributed by atoms with Crippen LogP contribution in [-0.4, -0.2) is 37.4 Å². The van der Waals surface area contributed by atoms with Crippen molar-refractivity contribution in [2.75, 3.05) is 21.3 Å². The number of hydrogen-bond donors (Lipinski definition) is 0. The molecule has 7 heteroatoms. The Morgan fingerprint density at radius 2 is 1.59 bits per heavy atom. The summed E-state index contributed by atoms with van der Waals surface area (Å²) >= 11 is 0.920. The van der Waals surface area contributed by atoms with Crippen LogP contribution in [0.4, 0.5) is 4.79 Å². The topological polar surface area (TPSA) is 65.1 Å². The zero-order valence-electron chi connectivity index (χ0n) is 15.2. The Morgan fingerprint density at radius 1 is 0.926 bits per heavy atom. The molecule has 0 N–H and O–H groups in total. The molecule has 0 radical (unpaired) electrons. The lowest BCUT2D eigenvalue weighted by atomic mass is 10.1. The van der Waals surface area contributed by atoms with Gasteiger partial charge in [0.1, 0.15) is 17.2 Å². The molecule has 2 amide bonds. The maximum Gasteiger partial charge on any atom is 0.293 e. The summed E-state index contributed by atoms with van der Waals surface area (Å²) in [7, 11) is 4.70. The largest absolute Gasteiger partial charge is 0.497 e. The zero-order valence-corrected chi connectivity index (χ0v) is 16.0. The van der Waals surface area contributed by atoms with E-state index in [1.54, 1.807) is 57.7 Å². The van der Waals surface area contributed by atoms with Gasteiger partial charge >= 0.3 is 0 Å². The summed E-state index contributed by atoms with van der Waals surface area (Å²) in [6.45, 7) is 0.214. The standard InChI is InChI=1S/C20H19NO5S/c1-24-15-7-4-13(5-8-15)12-21-19(22)18(27-20(21)23)10-14-6-9-16(25-2)11-17(14)26-3/h4-11H,12H2,1-3H3/b18-10+. The number of nitrogens with zero attached hydrogens (tertiary/aromatic N) is 1. The Morgan fingerprint density at radius 3 is 2.22 bits per heavy atom.